The molecule has 26 heavy (non-hydrogen) atoms. The van der Waals surface area contributed by atoms with Crippen molar-refractivity contribution in [3.63, 3.8) is 0 Å². The molecule has 0 aliphatic heterocycles. The van der Waals surface area contributed by atoms with Gasteiger partial charge in [-0.3, -0.25) is 4.90 Å². The lowest BCUT2D eigenvalue weighted by Gasteiger charge is -2.31. The Morgan fingerprint density at radius 3 is 2.19 bits per heavy atom. The lowest BCUT2D eigenvalue weighted by Crippen LogP contribution is -2.47. The van der Waals surface area contributed by atoms with Gasteiger partial charge in [0.1, 0.15) is 12.1 Å². The SMILES string of the molecule is COC(=O)N(Cc1ccccc1)[C@H](C#N)[C@@H](CCl)OCc1ccccc1. The van der Waals surface area contributed by atoms with Gasteiger partial charge >= 0.3 is 6.09 Å². The summed E-state index contributed by atoms with van der Waals surface area (Å²) < 4.78 is 10.7. The Kier molecular flexibility index (Phi) is 7.94. The van der Waals surface area contributed by atoms with Crippen molar-refractivity contribution in [1.82, 2.24) is 4.90 Å². The summed E-state index contributed by atoms with van der Waals surface area (Å²) >= 11 is 6.05. The number of methoxy groups -OCH3 is 1. The van der Waals surface area contributed by atoms with Crippen LogP contribution in [0.4, 0.5) is 4.79 Å². The van der Waals surface area contributed by atoms with Crippen molar-refractivity contribution in [3.8, 4) is 6.07 Å². The van der Waals surface area contributed by atoms with Crippen molar-refractivity contribution >= 4 is 17.7 Å². The fraction of sp³-hybridized carbons (Fsp3) is 0.300. The number of hydrogen-bond acceptors (Lipinski definition) is 4. The van der Waals surface area contributed by atoms with Gasteiger partial charge < -0.3 is 9.47 Å². The standard InChI is InChI=1S/C20H21ClN2O3/c1-25-20(24)23(14-16-8-4-2-5-9-16)18(13-22)19(12-21)26-15-17-10-6-3-7-11-17/h2-11,18-19H,12,14-15H2,1H3/t18-,19-/m1/s1. The van der Waals surface area contributed by atoms with Crippen LogP contribution in [0.3, 0.4) is 0 Å². The van der Waals surface area contributed by atoms with Crippen LogP contribution >= 0.6 is 11.6 Å². The first-order chi connectivity index (χ1) is 12.7. The maximum absolute atomic E-state index is 12.3. The van der Waals surface area contributed by atoms with E-state index in [-0.39, 0.29) is 12.4 Å². The number of amides is 1. The lowest BCUT2D eigenvalue weighted by molar-refractivity contribution is 0.00510. The van der Waals surface area contributed by atoms with Crippen LogP contribution in [0.15, 0.2) is 60.7 Å². The fourth-order valence-electron chi connectivity index (χ4n) is 2.52. The molecule has 2 aromatic carbocycles. The number of halogens is 1. The third-order valence-corrected chi connectivity index (χ3v) is 4.19. The van der Waals surface area contributed by atoms with Gasteiger partial charge in [0.05, 0.1) is 32.2 Å². The molecule has 2 rings (SSSR count). The molecular weight excluding hydrogens is 352 g/mol. The van der Waals surface area contributed by atoms with E-state index in [1.165, 1.54) is 12.0 Å². The van der Waals surface area contributed by atoms with E-state index < -0.39 is 18.2 Å². The second kappa shape index (κ2) is 10.4. The van der Waals surface area contributed by atoms with Crippen LogP contribution in [-0.4, -0.2) is 36.1 Å². The van der Waals surface area contributed by atoms with Crippen LogP contribution < -0.4 is 0 Å². The fourth-order valence-corrected chi connectivity index (χ4v) is 2.78. The maximum Gasteiger partial charge on any atom is 0.410 e. The zero-order valence-electron chi connectivity index (χ0n) is 14.5. The van der Waals surface area contributed by atoms with Crippen molar-refractivity contribution in [2.45, 2.75) is 25.3 Å². The Morgan fingerprint density at radius 1 is 1.12 bits per heavy atom. The first-order valence-corrected chi connectivity index (χ1v) is 8.72. The van der Waals surface area contributed by atoms with E-state index in [9.17, 15) is 10.1 Å². The van der Waals surface area contributed by atoms with Gasteiger partial charge in [0.25, 0.3) is 0 Å². The third-order valence-electron chi connectivity index (χ3n) is 3.88. The quantitative estimate of drug-likeness (QED) is 0.658. The van der Waals surface area contributed by atoms with Crippen LogP contribution in [0.5, 0.6) is 0 Å². The van der Waals surface area contributed by atoms with E-state index >= 15 is 0 Å². The smallest absolute Gasteiger partial charge is 0.410 e. The molecular formula is C20H21ClN2O3. The summed E-state index contributed by atoms with van der Waals surface area (Å²) in [7, 11) is 1.29. The Morgan fingerprint density at radius 2 is 1.69 bits per heavy atom. The summed E-state index contributed by atoms with van der Waals surface area (Å²) in [6, 6.07) is 20.2. The van der Waals surface area contributed by atoms with Gasteiger partial charge in [-0.1, -0.05) is 60.7 Å². The molecule has 0 saturated carbocycles. The summed E-state index contributed by atoms with van der Waals surface area (Å²) in [5.74, 6) is 0.0767. The van der Waals surface area contributed by atoms with Crippen LogP contribution in [0.25, 0.3) is 0 Å². The first kappa shape index (κ1) is 19.8. The van der Waals surface area contributed by atoms with E-state index in [4.69, 9.17) is 21.1 Å². The molecule has 0 bridgehead atoms. The molecule has 0 aliphatic carbocycles. The van der Waals surface area contributed by atoms with E-state index in [2.05, 4.69) is 6.07 Å². The Balaban J connectivity index is 2.15. The van der Waals surface area contributed by atoms with Gasteiger partial charge in [-0.15, -0.1) is 11.6 Å². The number of carbonyl (C=O) groups is 1. The summed E-state index contributed by atoms with van der Waals surface area (Å²) in [6.07, 6.45) is -1.25. The normalized spacial score (nSPS) is 12.7. The van der Waals surface area contributed by atoms with Gasteiger partial charge in [0.15, 0.2) is 0 Å². The monoisotopic (exact) mass is 372 g/mol. The number of nitrogens with zero attached hydrogens (tertiary/aromatic N) is 2. The highest BCUT2D eigenvalue weighted by Gasteiger charge is 2.32. The highest BCUT2D eigenvalue weighted by molar-refractivity contribution is 6.18. The van der Waals surface area contributed by atoms with E-state index in [1.54, 1.807) is 0 Å². The van der Waals surface area contributed by atoms with Crippen LogP contribution in [0, 0.1) is 11.3 Å². The largest absolute Gasteiger partial charge is 0.453 e. The molecule has 1 amide bonds. The molecule has 0 N–H and O–H groups in total. The molecule has 0 aromatic heterocycles. The third kappa shape index (κ3) is 5.48. The number of rotatable bonds is 8. The van der Waals surface area contributed by atoms with E-state index in [0.717, 1.165) is 11.1 Å². The summed E-state index contributed by atoms with van der Waals surface area (Å²) in [5.41, 5.74) is 1.85. The molecule has 0 saturated heterocycles. The second-order valence-electron chi connectivity index (χ2n) is 5.65. The molecule has 0 aliphatic rings. The molecule has 0 unspecified atom stereocenters. The molecule has 6 heteroatoms. The predicted molar refractivity (Wildman–Crippen MR) is 99.5 cm³/mol. The van der Waals surface area contributed by atoms with Crippen molar-refractivity contribution < 1.29 is 14.3 Å². The zero-order chi connectivity index (χ0) is 18.8. The van der Waals surface area contributed by atoms with Gasteiger partial charge in [0.2, 0.25) is 0 Å². The average molecular weight is 373 g/mol. The van der Waals surface area contributed by atoms with Gasteiger partial charge in [-0.05, 0) is 11.1 Å². The molecule has 2 atom stereocenters. The van der Waals surface area contributed by atoms with Crippen LogP contribution in [0.1, 0.15) is 11.1 Å². The highest BCUT2D eigenvalue weighted by atomic mass is 35.5. The number of ether oxygens (including phenoxy) is 2. The number of benzene rings is 2. The Labute approximate surface area is 158 Å². The minimum Gasteiger partial charge on any atom is -0.453 e. The van der Waals surface area contributed by atoms with Crippen LogP contribution in [0.2, 0.25) is 0 Å². The van der Waals surface area contributed by atoms with Crippen LogP contribution in [-0.2, 0) is 22.6 Å². The minimum atomic E-state index is -0.871. The molecule has 5 nitrogen and oxygen atoms in total. The number of nitriles is 1. The first-order valence-electron chi connectivity index (χ1n) is 8.19. The molecule has 2 aromatic rings. The van der Waals surface area contributed by atoms with Crippen molar-refractivity contribution in [2.24, 2.45) is 0 Å². The lowest BCUT2D eigenvalue weighted by atomic mass is 10.1. The Hall–Kier alpha value is -2.55. The topological polar surface area (TPSA) is 62.6 Å². The summed E-state index contributed by atoms with van der Waals surface area (Å²) in [4.78, 5) is 13.6. The van der Waals surface area contributed by atoms with Gasteiger partial charge in [-0.25, -0.2) is 4.79 Å². The highest BCUT2D eigenvalue weighted by Crippen LogP contribution is 2.17. The minimum absolute atomic E-state index is 0.0767. The van der Waals surface area contributed by atoms with Gasteiger partial charge in [0, 0.05) is 0 Å². The second-order valence-corrected chi connectivity index (χ2v) is 5.96. The summed E-state index contributed by atoms with van der Waals surface area (Å²) in [5, 5.41) is 9.68. The number of hydrogen-bond donors (Lipinski definition) is 0. The average Bonchev–Trinajstić information content (AvgIpc) is 2.70. The summed E-state index contributed by atoms with van der Waals surface area (Å²) in [6.45, 7) is 0.532. The van der Waals surface area contributed by atoms with Crippen molar-refractivity contribution in [2.75, 3.05) is 13.0 Å². The molecule has 0 fully saturated rings. The number of alkyl halides is 1. The molecule has 0 heterocycles. The Bertz CT molecular complexity index is 719. The zero-order valence-corrected chi connectivity index (χ0v) is 15.3. The predicted octanol–water partition coefficient (Wildman–Crippen LogP) is 3.97. The van der Waals surface area contributed by atoms with Crippen molar-refractivity contribution in [1.29, 1.82) is 5.26 Å². The number of carbonyl (C=O) groups excluding carboxylic acids is 1. The molecule has 0 radical (unpaired) electrons. The maximum atomic E-state index is 12.3. The van der Waals surface area contributed by atoms with E-state index in [1.807, 2.05) is 60.7 Å². The molecule has 136 valence electrons. The van der Waals surface area contributed by atoms with E-state index in [0.29, 0.717) is 6.61 Å². The van der Waals surface area contributed by atoms with Crippen molar-refractivity contribution in [3.05, 3.63) is 71.8 Å². The molecule has 0 spiro atoms. The van der Waals surface area contributed by atoms with Gasteiger partial charge in [-0.2, -0.15) is 5.26 Å².